The highest BCUT2D eigenvalue weighted by atomic mass is 16.2. The molecule has 3 N–H and O–H groups in total. The molecule has 0 bridgehead atoms. The van der Waals surface area contributed by atoms with Gasteiger partial charge in [0.1, 0.15) is 0 Å². The van der Waals surface area contributed by atoms with Gasteiger partial charge in [-0.2, -0.15) is 0 Å². The Bertz CT molecular complexity index is 411. The van der Waals surface area contributed by atoms with Gasteiger partial charge in [-0.05, 0) is 31.5 Å². The van der Waals surface area contributed by atoms with Gasteiger partial charge in [0.25, 0.3) is 0 Å². The highest BCUT2D eigenvalue weighted by Gasteiger charge is 2.29. The second-order valence-corrected chi connectivity index (χ2v) is 5.02. The number of benzene rings is 1. The Morgan fingerprint density at radius 3 is 2.61 bits per heavy atom. The lowest BCUT2D eigenvalue weighted by Gasteiger charge is -2.25. The molecule has 0 fully saturated rings. The summed E-state index contributed by atoms with van der Waals surface area (Å²) >= 11 is 0. The second kappa shape index (κ2) is 5.87. The third kappa shape index (κ3) is 3.23. The van der Waals surface area contributed by atoms with Crippen molar-refractivity contribution in [1.82, 2.24) is 0 Å². The van der Waals surface area contributed by atoms with Crippen LogP contribution in [0.1, 0.15) is 20.3 Å². The maximum Gasteiger partial charge on any atom is 0.231 e. The Balaban J connectivity index is 2.85. The standard InChI is InChI=1S/C14H23N3O/c1-5-14(2,10-15)13(18)16-11-7-6-8-12(9-11)17(3)4/h6-9H,5,10,15H2,1-4H3,(H,16,18). The van der Waals surface area contributed by atoms with Crippen molar-refractivity contribution >= 4 is 17.3 Å². The number of hydrogen-bond acceptors (Lipinski definition) is 3. The fraction of sp³-hybridized carbons (Fsp3) is 0.500. The number of amides is 1. The van der Waals surface area contributed by atoms with Gasteiger partial charge in [0, 0.05) is 32.0 Å². The number of hydrogen-bond donors (Lipinski definition) is 2. The summed E-state index contributed by atoms with van der Waals surface area (Å²) in [5, 5.41) is 2.93. The van der Waals surface area contributed by atoms with E-state index in [0.29, 0.717) is 6.54 Å². The van der Waals surface area contributed by atoms with Crippen LogP contribution in [0, 0.1) is 5.41 Å². The quantitative estimate of drug-likeness (QED) is 0.840. The minimum absolute atomic E-state index is 0.0246. The third-order valence-electron chi connectivity index (χ3n) is 3.40. The molecule has 0 aliphatic rings. The molecule has 0 saturated carbocycles. The van der Waals surface area contributed by atoms with Crippen molar-refractivity contribution in [1.29, 1.82) is 0 Å². The SMILES string of the molecule is CCC(C)(CN)C(=O)Nc1cccc(N(C)C)c1. The monoisotopic (exact) mass is 249 g/mol. The van der Waals surface area contributed by atoms with Crippen molar-refractivity contribution in [2.45, 2.75) is 20.3 Å². The lowest BCUT2D eigenvalue weighted by atomic mass is 9.86. The Morgan fingerprint density at radius 1 is 1.44 bits per heavy atom. The van der Waals surface area contributed by atoms with Crippen LogP contribution in [0.5, 0.6) is 0 Å². The number of nitrogens with zero attached hydrogens (tertiary/aromatic N) is 1. The molecule has 4 nitrogen and oxygen atoms in total. The van der Waals surface area contributed by atoms with Gasteiger partial charge in [0.05, 0.1) is 5.41 Å². The van der Waals surface area contributed by atoms with Crippen molar-refractivity contribution in [3.63, 3.8) is 0 Å². The van der Waals surface area contributed by atoms with Crippen LogP contribution in [0.15, 0.2) is 24.3 Å². The molecule has 0 saturated heterocycles. The molecule has 18 heavy (non-hydrogen) atoms. The van der Waals surface area contributed by atoms with Crippen molar-refractivity contribution in [2.75, 3.05) is 30.9 Å². The van der Waals surface area contributed by atoms with Gasteiger partial charge in [-0.1, -0.05) is 13.0 Å². The van der Waals surface area contributed by atoms with E-state index in [1.807, 2.05) is 57.1 Å². The van der Waals surface area contributed by atoms with Gasteiger partial charge < -0.3 is 16.0 Å². The Morgan fingerprint density at radius 2 is 2.11 bits per heavy atom. The van der Waals surface area contributed by atoms with E-state index in [1.165, 1.54) is 0 Å². The minimum Gasteiger partial charge on any atom is -0.378 e. The molecule has 1 amide bonds. The summed E-state index contributed by atoms with van der Waals surface area (Å²) in [6, 6.07) is 7.76. The van der Waals surface area contributed by atoms with Gasteiger partial charge in [0.15, 0.2) is 0 Å². The third-order valence-corrected chi connectivity index (χ3v) is 3.40. The first kappa shape index (κ1) is 14.5. The van der Waals surface area contributed by atoms with E-state index in [1.54, 1.807) is 0 Å². The van der Waals surface area contributed by atoms with E-state index in [0.717, 1.165) is 17.8 Å². The fourth-order valence-electron chi connectivity index (χ4n) is 1.54. The highest BCUT2D eigenvalue weighted by Crippen LogP contribution is 2.23. The summed E-state index contributed by atoms with van der Waals surface area (Å²) in [6.07, 6.45) is 0.725. The molecule has 0 radical (unpaired) electrons. The Kier molecular flexibility index (Phi) is 4.73. The summed E-state index contributed by atoms with van der Waals surface area (Å²) in [7, 11) is 3.94. The lowest BCUT2D eigenvalue weighted by molar-refractivity contribution is -0.124. The molecule has 0 heterocycles. The van der Waals surface area contributed by atoms with E-state index in [9.17, 15) is 4.79 Å². The second-order valence-electron chi connectivity index (χ2n) is 5.02. The average Bonchev–Trinajstić information content (AvgIpc) is 2.38. The summed E-state index contributed by atoms with van der Waals surface area (Å²) in [5.74, 6) is -0.0246. The summed E-state index contributed by atoms with van der Waals surface area (Å²) < 4.78 is 0. The number of carbonyl (C=O) groups excluding carboxylic acids is 1. The molecular formula is C14H23N3O. The molecule has 1 rings (SSSR count). The number of nitrogens with two attached hydrogens (primary N) is 1. The zero-order chi connectivity index (χ0) is 13.8. The van der Waals surface area contributed by atoms with Crippen LogP contribution in [-0.2, 0) is 4.79 Å². The minimum atomic E-state index is -0.506. The molecule has 1 aromatic rings. The van der Waals surface area contributed by atoms with Crippen LogP contribution in [0.25, 0.3) is 0 Å². The molecule has 0 aliphatic heterocycles. The van der Waals surface area contributed by atoms with Gasteiger partial charge in [-0.15, -0.1) is 0 Å². The van der Waals surface area contributed by atoms with Crippen molar-refractivity contribution in [2.24, 2.45) is 11.1 Å². The van der Waals surface area contributed by atoms with Crippen LogP contribution < -0.4 is 16.0 Å². The molecule has 100 valence electrons. The predicted octanol–water partition coefficient (Wildman–Crippen LogP) is 2.07. The first-order chi connectivity index (χ1) is 8.42. The zero-order valence-electron chi connectivity index (χ0n) is 11.7. The summed E-state index contributed by atoms with van der Waals surface area (Å²) in [5.41, 5.74) is 7.03. The first-order valence-electron chi connectivity index (χ1n) is 6.22. The number of carbonyl (C=O) groups is 1. The van der Waals surface area contributed by atoms with Crippen LogP contribution in [0.2, 0.25) is 0 Å². The van der Waals surface area contributed by atoms with Gasteiger partial charge >= 0.3 is 0 Å². The van der Waals surface area contributed by atoms with Crippen LogP contribution >= 0.6 is 0 Å². The largest absolute Gasteiger partial charge is 0.378 e. The van der Waals surface area contributed by atoms with E-state index >= 15 is 0 Å². The number of rotatable bonds is 5. The molecule has 1 atom stereocenters. The topological polar surface area (TPSA) is 58.4 Å². The highest BCUT2D eigenvalue weighted by molar-refractivity contribution is 5.95. The predicted molar refractivity (Wildman–Crippen MR) is 76.9 cm³/mol. The Labute approximate surface area is 109 Å². The molecule has 4 heteroatoms. The van der Waals surface area contributed by atoms with Crippen molar-refractivity contribution in [3.05, 3.63) is 24.3 Å². The normalized spacial score (nSPS) is 13.8. The Hall–Kier alpha value is -1.55. The van der Waals surface area contributed by atoms with E-state index in [4.69, 9.17) is 5.73 Å². The van der Waals surface area contributed by atoms with Crippen LogP contribution in [0.4, 0.5) is 11.4 Å². The first-order valence-corrected chi connectivity index (χ1v) is 6.22. The average molecular weight is 249 g/mol. The molecule has 0 spiro atoms. The maximum atomic E-state index is 12.2. The van der Waals surface area contributed by atoms with Crippen LogP contribution in [0.3, 0.4) is 0 Å². The molecule has 0 aromatic heterocycles. The van der Waals surface area contributed by atoms with Gasteiger partial charge in [-0.25, -0.2) is 0 Å². The number of nitrogens with one attached hydrogen (secondary N) is 1. The summed E-state index contributed by atoms with van der Waals surface area (Å²) in [6.45, 7) is 4.21. The zero-order valence-corrected chi connectivity index (χ0v) is 11.7. The molecule has 0 aliphatic carbocycles. The van der Waals surface area contributed by atoms with E-state index in [-0.39, 0.29) is 5.91 Å². The van der Waals surface area contributed by atoms with Crippen molar-refractivity contribution < 1.29 is 4.79 Å². The molecule has 1 aromatic carbocycles. The van der Waals surface area contributed by atoms with E-state index in [2.05, 4.69) is 5.32 Å². The molecule has 1 unspecified atom stereocenters. The summed E-state index contributed by atoms with van der Waals surface area (Å²) in [4.78, 5) is 14.2. The van der Waals surface area contributed by atoms with Gasteiger partial charge in [0.2, 0.25) is 5.91 Å². The molecular weight excluding hydrogens is 226 g/mol. The number of anilines is 2. The van der Waals surface area contributed by atoms with Crippen LogP contribution in [-0.4, -0.2) is 26.5 Å². The smallest absolute Gasteiger partial charge is 0.231 e. The lowest BCUT2D eigenvalue weighted by Crippen LogP contribution is -2.39. The van der Waals surface area contributed by atoms with Crippen molar-refractivity contribution in [3.8, 4) is 0 Å². The fourth-order valence-corrected chi connectivity index (χ4v) is 1.54. The van der Waals surface area contributed by atoms with E-state index < -0.39 is 5.41 Å². The maximum absolute atomic E-state index is 12.2. The van der Waals surface area contributed by atoms with Gasteiger partial charge in [-0.3, -0.25) is 4.79 Å².